The van der Waals surface area contributed by atoms with Gasteiger partial charge in [0.25, 0.3) is 0 Å². The molecule has 1 atom stereocenters. The molecule has 0 amide bonds. The molecule has 0 radical (unpaired) electrons. The summed E-state index contributed by atoms with van der Waals surface area (Å²) in [5.41, 5.74) is 2.90. The summed E-state index contributed by atoms with van der Waals surface area (Å²) in [5, 5.41) is 0. The summed E-state index contributed by atoms with van der Waals surface area (Å²) in [4.78, 5) is 2.75. The Hall–Kier alpha value is -0.860. The number of likely N-dealkylation sites (N-methyl/N-ethyl adjacent to an activating group) is 1. The van der Waals surface area contributed by atoms with E-state index in [0.717, 1.165) is 0 Å². The van der Waals surface area contributed by atoms with Crippen LogP contribution in [0.2, 0.25) is 0 Å². The molecule has 0 bridgehead atoms. The normalized spacial score (nSPS) is 19.4. The molecule has 0 N–H and O–H groups in total. The molecule has 0 aliphatic carbocycles. The Balaban J connectivity index is 1.40. The minimum Gasteiger partial charge on any atom is -0.321 e. The molecule has 0 aromatic heterocycles. The first kappa shape index (κ1) is 29.4. The van der Waals surface area contributed by atoms with Gasteiger partial charge < -0.3 is 4.48 Å². The molecule has 1 unspecified atom stereocenters. The van der Waals surface area contributed by atoms with Crippen molar-refractivity contribution in [3.05, 3.63) is 35.4 Å². The summed E-state index contributed by atoms with van der Waals surface area (Å²) >= 11 is 0. The third-order valence-corrected chi connectivity index (χ3v) is 8.10. The monoisotopic (exact) mass is 471 g/mol. The molecular formula is C32H59N2+. The average Bonchev–Trinajstić information content (AvgIpc) is 3.00. The topological polar surface area (TPSA) is 3.24 Å². The first-order valence-electron chi connectivity index (χ1n) is 15.2. The van der Waals surface area contributed by atoms with Crippen molar-refractivity contribution in [3.63, 3.8) is 0 Å². The molecule has 2 rings (SSSR count). The number of nitrogens with zero attached hydrogens (tertiary/aromatic N) is 2. The molecule has 1 fully saturated rings. The second-order valence-electron chi connectivity index (χ2n) is 11.7. The smallest absolute Gasteiger partial charge is 0.104 e. The zero-order valence-corrected chi connectivity index (χ0v) is 23.5. The highest BCUT2D eigenvalue weighted by Gasteiger charge is 2.26. The lowest BCUT2D eigenvalue weighted by Crippen LogP contribution is -2.46. The van der Waals surface area contributed by atoms with Crippen LogP contribution in [0.3, 0.4) is 0 Å². The van der Waals surface area contributed by atoms with Crippen molar-refractivity contribution < 1.29 is 4.48 Å². The minimum absolute atomic E-state index is 1.19. The predicted molar refractivity (Wildman–Crippen MR) is 151 cm³/mol. The van der Waals surface area contributed by atoms with Crippen LogP contribution in [0.25, 0.3) is 0 Å². The van der Waals surface area contributed by atoms with Crippen LogP contribution in [0.5, 0.6) is 0 Å². The van der Waals surface area contributed by atoms with E-state index in [-0.39, 0.29) is 0 Å². The minimum atomic E-state index is 1.19. The molecule has 34 heavy (non-hydrogen) atoms. The van der Waals surface area contributed by atoms with Gasteiger partial charge in [-0.05, 0) is 19.9 Å². The molecule has 0 spiro atoms. The van der Waals surface area contributed by atoms with E-state index in [1.807, 2.05) is 0 Å². The summed E-state index contributed by atoms with van der Waals surface area (Å²) in [7, 11) is 2.47. The van der Waals surface area contributed by atoms with Gasteiger partial charge in [0.1, 0.15) is 6.54 Å². The summed E-state index contributed by atoms with van der Waals surface area (Å²) < 4.78 is 1.21. The SMILES string of the molecule is CCCCCCCCCCCCCCCCCCN1CCC[N+](C)(Cc2cccc(C)c2)CC1. The lowest BCUT2D eigenvalue weighted by molar-refractivity contribution is -0.920. The van der Waals surface area contributed by atoms with Gasteiger partial charge in [-0.3, -0.25) is 4.90 Å². The highest BCUT2D eigenvalue weighted by molar-refractivity contribution is 5.21. The molecule has 196 valence electrons. The molecule has 0 saturated carbocycles. The van der Waals surface area contributed by atoms with Crippen molar-refractivity contribution in [2.75, 3.05) is 39.8 Å². The van der Waals surface area contributed by atoms with Gasteiger partial charge in [0.15, 0.2) is 0 Å². The van der Waals surface area contributed by atoms with E-state index in [0.29, 0.717) is 0 Å². The molecule has 1 saturated heterocycles. The fourth-order valence-electron chi connectivity index (χ4n) is 5.80. The first-order chi connectivity index (χ1) is 16.6. The van der Waals surface area contributed by atoms with E-state index >= 15 is 0 Å². The lowest BCUT2D eigenvalue weighted by Gasteiger charge is -2.33. The Morgan fingerprint density at radius 1 is 0.706 bits per heavy atom. The van der Waals surface area contributed by atoms with Gasteiger partial charge in [0.2, 0.25) is 0 Å². The van der Waals surface area contributed by atoms with Crippen molar-refractivity contribution in [1.29, 1.82) is 0 Å². The summed E-state index contributed by atoms with van der Waals surface area (Å²) in [6, 6.07) is 9.13. The Morgan fingerprint density at radius 3 is 1.82 bits per heavy atom. The number of benzene rings is 1. The van der Waals surface area contributed by atoms with E-state index in [1.54, 1.807) is 0 Å². The molecule has 1 aromatic carbocycles. The molecule has 1 heterocycles. The van der Waals surface area contributed by atoms with Crippen molar-refractivity contribution in [2.45, 2.75) is 130 Å². The summed E-state index contributed by atoms with van der Waals surface area (Å²) in [6.07, 6.45) is 24.6. The summed E-state index contributed by atoms with van der Waals surface area (Å²) in [6.45, 7) is 12.2. The predicted octanol–water partition coefficient (Wildman–Crippen LogP) is 8.91. The van der Waals surface area contributed by atoms with E-state index in [9.17, 15) is 0 Å². The fraction of sp³-hybridized carbons (Fsp3) is 0.812. The maximum atomic E-state index is 2.75. The lowest BCUT2D eigenvalue weighted by atomic mass is 10.0. The van der Waals surface area contributed by atoms with E-state index in [4.69, 9.17) is 0 Å². The number of unbranched alkanes of at least 4 members (excludes halogenated alkanes) is 15. The second-order valence-corrected chi connectivity index (χ2v) is 11.7. The van der Waals surface area contributed by atoms with Crippen LogP contribution < -0.4 is 0 Å². The van der Waals surface area contributed by atoms with Gasteiger partial charge in [0.05, 0.1) is 20.1 Å². The van der Waals surface area contributed by atoms with Crippen LogP contribution in [0.4, 0.5) is 0 Å². The van der Waals surface area contributed by atoms with Crippen LogP contribution in [0.15, 0.2) is 24.3 Å². The maximum Gasteiger partial charge on any atom is 0.104 e. The van der Waals surface area contributed by atoms with Gasteiger partial charge in [-0.25, -0.2) is 0 Å². The molecule has 1 aromatic rings. The standard InChI is InChI=1S/C32H59N2/c1-4-5-6-7-8-9-10-11-12-13-14-15-16-17-18-19-24-33-25-21-27-34(3,28-26-33)30-32-23-20-22-31(2)29-32/h20,22-23,29H,4-19,21,24-28,30H2,1-3H3/q+1. The quantitative estimate of drug-likeness (QED) is 0.144. The van der Waals surface area contributed by atoms with Gasteiger partial charge in [0, 0.05) is 25.1 Å². The average molecular weight is 472 g/mol. The Bertz CT molecular complexity index is 613. The fourth-order valence-corrected chi connectivity index (χ4v) is 5.80. The van der Waals surface area contributed by atoms with Gasteiger partial charge in [-0.2, -0.15) is 0 Å². The van der Waals surface area contributed by atoms with Crippen molar-refractivity contribution in [2.24, 2.45) is 0 Å². The number of rotatable bonds is 19. The van der Waals surface area contributed by atoms with Gasteiger partial charge >= 0.3 is 0 Å². The molecule has 2 nitrogen and oxygen atoms in total. The maximum absolute atomic E-state index is 2.75. The van der Waals surface area contributed by atoms with E-state index in [2.05, 4.69) is 50.1 Å². The van der Waals surface area contributed by atoms with Crippen LogP contribution >= 0.6 is 0 Å². The third kappa shape index (κ3) is 13.9. The largest absolute Gasteiger partial charge is 0.321 e. The number of hydrogen-bond donors (Lipinski definition) is 0. The van der Waals surface area contributed by atoms with Crippen LogP contribution in [0.1, 0.15) is 127 Å². The second kappa shape index (κ2) is 18.4. The Labute approximate surface area is 214 Å². The first-order valence-corrected chi connectivity index (χ1v) is 15.2. The number of hydrogen-bond acceptors (Lipinski definition) is 1. The van der Waals surface area contributed by atoms with Crippen molar-refractivity contribution >= 4 is 0 Å². The zero-order valence-electron chi connectivity index (χ0n) is 23.5. The van der Waals surface area contributed by atoms with Crippen LogP contribution in [-0.4, -0.2) is 49.2 Å². The zero-order chi connectivity index (χ0) is 24.3. The molecule has 1 aliphatic rings. The van der Waals surface area contributed by atoms with E-state index < -0.39 is 0 Å². The Morgan fingerprint density at radius 2 is 1.26 bits per heavy atom. The third-order valence-electron chi connectivity index (χ3n) is 8.10. The van der Waals surface area contributed by atoms with Crippen LogP contribution in [-0.2, 0) is 6.54 Å². The highest BCUT2D eigenvalue weighted by atomic mass is 15.4. The Kier molecular flexibility index (Phi) is 15.9. The molecule has 1 aliphatic heterocycles. The van der Waals surface area contributed by atoms with E-state index in [1.165, 1.54) is 164 Å². The number of aryl methyl sites for hydroxylation is 1. The molecule has 2 heteroatoms. The van der Waals surface area contributed by atoms with Gasteiger partial charge in [-0.1, -0.05) is 133 Å². The summed E-state index contributed by atoms with van der Waals surface area (Å²) in [5.74, 6) is 0. The number of quaternary nitrogens is 1. The highest BCUT2D eigenvalue weighted by Crippen LogP contribution is 2.18. The van der Waals surface area contributed by atoms with Crippen molar-refractivity contribution in [1.82, 2.24) is 4.90 Å². The van der Waals surface area contributed by atoms with Crippen molar-refractivity contribution in [3.8, 4) is 0 Å². The van der Waals surface area contributed by atoms with Gasteiger partial charge in [-0.15, -0.1) is 0 Å². The van der Waals surface area contributed by atoms with Crippen LogP contribution in [0, 0.1) is 6.92 Å². The molecular weight excluding hydrogens is 412 g/mol.